The predicted octanol–water partition coefficient (Wildman–Crippen LogP) is 5.34. The van der Waals surface area contributed by atoms with E-state index in [0.717, 1.165) is 15.5 Å². The van der Waals surface area contributed by atoms with Crippen LogP contribution >= 0.6 is 11.8 Å². The van der Waals surface area contributed by atoms with Gasteiger partial charge in [0.05, 0.1) is 34.6 Å². The normalized spacial score (nSPS) is 12.8. The summed E-state index contributed by atoms with van der Waals surface area (Å²) in [5.74, 6) is -4.23. The quantitative estimate of drug-likeness (QED) is 0.228. The Bertz CT molecular complexity index is 1200. The molecule has 0 bridgehead atoms. The summed E-state index contributed by atoms with van der Waals surface area (Å²) < 4.78 is 66.4. The monoisotopic (exact) mass is 471 g/mol. The molecule has 0 aliphatic rings. The lowest BCUT2D eigenvalue weighted by atomic mass is 9.87. The molecule has 0 fully saturated rings. The number of hydrogen-bond acceptors (Lipinski definition) is 4. The molecule has 0 saturated carbocycles. The molecular weight excluding hydrogens is 451 g/mol. The molecule has 5 nitrogen and oxygen atoms in total. The molecule has 0 radical (unpaired) electrons. The first-order valence-corrected chi connectivity index (χ1v) is 10.5. The van der Waals surface area contributed by atoms with E-state index in [2.05, 4.69) is 11.1 Å². The summed E-state index contributed by atoms with van der Waals surface area (Å²) in [5.41, 5.74) is 0.463. The van der Waals surface area contributed by atoms with Crippen molar-refractivity contribution in [2.75, 3.05) is 5.75 Å². The zero-order chi connectivity index (χ0) is 23.9. The zero-order valence-corrected chi connectivity index (χ0v) is 18.2. The summed E-state index contributed by atoms with van der Waals surface area (Å²) in [6, 6.07) is 6.87. The van der Waals surface area contributed by atoms with Crippen molar-refractivity contribution in [2.45, 2.75) is 49.7 Å². The minimum absolute atomic E-state index is 0.106. The van der Waals surface area contributed by atoms with Gasteiger partial charge in [-0.15, -0.1) is 11.8 Å². The average molecular weight is 471 g/mol. The van der Waals surface area contributed by atoms with Crippen LogP contribution in [-0.4, -0.2) is 32.6 Å². The average Bonchev–Trinajstić information content (AvgIpc) is 3.08. The van der Waals surface area contributed by atoms with E-state index in [0.29, 0.717) is 33.0 Å². The van der Waals surface area contributed by atoms with Gasteiger partial charge in [0.2, 0.25) is 6.20 Å². The SMILES string of the molecule is CCSc1cc(C(C)(C)C#N)c[n+](O)c1-c1cc2ccn(CC(F)(F)C(F)(F)F)c2cn1. The van der Waals surface area contributed by atoms with E-state index in [9.17, 15) is 32.4 Å². The number of rotatable bonds is 6. The van der Waals surface area contributed by atoms with E-state index in [1.54, 1.807) is 19.9 Å². The third kappa shape index (κ3) is 4.37. The fraction of sp³-hybridized carbons (Fsp3) is 0.381. The van der Waals surface area contributed by atoms with Gasteiger partial charge in [-0.05, 0) is 37.8 Å². The molecule has 0 saturated heterocycles. The number of aromatic nitrogens is 3. The lowest BCUT2D eigenvalue weighted by Crippen LogP contribution is -2.40. The van der Waals surface area contributed by atoms with Crippen LogP contribution in [0.3, 0.4) is 0 Å². The van der Waals surface area contributed by atoms with Gasteiger partial charge in [-0.3, -0.25) is 5.21 Å². The Morgan fingerprint density at radius 3 is 2.50 bits per heavy atom. The molecule has 3 heterocycles. The molecule has 170 valence electrons. The topological polar surface area (TPSA) is 65.7 Å². The number of fused-ring (bicyclic) bond motifs is 1. The van der Waals surface area contributed by atoms with Crippen LogP contribution in [0.1, 0.15) is 26.3 Å². The van der Waals surface area contributed by atoms with Crippen molar-refractivity contribution in [1.82, 2.24) is 9.55 Å². The highest BCUT2D eigenvalue weighted by Gasteiger charge is 2.57. The van der Waals surface area contributed by atoms with E-state index in [-0.39, 0.29) is 5.52 Å². The number of hydrogen-bond donors (Lipinski definition) is 1. The fourth-order valence-corrected chi connectivity index (χ4v) is 3.99. The van der Waals surface area contributed by atoms with Crippen LogP contribution in [-0.2, 0) is 12.0 Å². The summed E-state index contributed by atoms with van der Waals surface area (Å²) in [6.07, 6.45) is -1.92. The van der Waals surface area contributed by atoms with Crippen molar-refractivity contribution in [3.8, 4) is 17.5 Å². The van der Waals surface area contributed by atoms with E-state index in [1.165, 1.54) is 36.3 Å². The van der Waals surface area contributed by atoms with Gasteiger partial charge in [-0.1, -0.05) is 6.92 Å². The highest BCUT2D eigenvalue weighted by atomic mass is 32.2. The lowest BCUT2D eigenvalue weighted by molar-refractivity contribution is -0.897. The number of alkyl halides is 5. The Morgan fingerprint density at radius 2 is 1.91 bits per heavy atom. The molecule has 11 heteroatoms. The van der Waals surface area contributed by atoms with E-state index >= 15 is 0 Å². The van der Waals surface area contributed by atoms with Crippen LogP contribution < -0.4 is 4.73 Å². The number of thioether (sulfide) groups is 1. The maximum Gasteiger partial charge on any atom is 0.455 e. The van der Waals surface area contributed by atoms with Crippen LogP contribution in [0, 0.1) is 11.3 Å². The van der Waals surface area contributed by atoms with Gasteiger partial charge in [0.15, 0.2) is 0 Å². The highest BCUT2D eigenvalue weighted by molar-refractivity contribution is 7.99. The Hall–Kier alpha value is -2.87. The van der Waals surface area contributed by atoms with Crippen molar-refractivity contribution in [3.05, 3.63) is 42.4 Å². The van der Waals surface area contributed by atoms with E-state index in [1.807, 2.05) is 6.92 Å². The van der Waals surface area contributed by atoms with Gasteiger partial charge in [0.1, 0.15) is 5.69 Å². The highest BCUT2D eigenvalue weighted by Crippen LogP contribution is 2.38. The molecular formula is C21H20F5N4OS+. The van der Waals surface area contributed by atoms with Gasteiger partial charge < -0.3 is 4.57 Å². The third-order valence-corrected chi connectivity index (χ3v) is 5.91. The second-order valence-corrected chi connectivity index (χ2v) is 9.04. The Kier molecular flexibility index (Phi) is 6.12. The molecule has 0 amide bonds. The van der Waals surface area contributed by atoms with Gasteiger partial charge in [0, 0.05) is 21.9 Å². The molecule has 3 aromatic rings. The largest absolute Gasteiger partial charge is 0.455 e. The second kappa shape index (κ2) is 8.24. The van der Waals surface area contributed by atoms with Crippen molar-refractivity contribution < 1.29 is 31.9 Å². The van der Waals surface area contributed by atoms with Crippen molar-refractivity contribution in [1.29, 1.82) is 5.26 Å². The molecule has 3 rings (SSSR count). The molecule has 0 aliphatic carbocycles. The predicted molar refractivity (Wildman–Crippen MR) is 109 cm³/mol. The standard InChI is InChI=1S/C21H20F5N4OS/c1-4-32-17-8-14(19(2,3)11-27)10-30(31)18(17)15-7-13-5-6-29(16(13)9-28-15)12-20(22,23)21(24,25)26/h5-10,31H,4,12H2,1-3H3/q+1. The van der Waals surface area contributed by atoms with Crippen molar-refractivity contribution in [2.24, 2.45) is 0 Å². The van der Waals surface area contributed by atoms with Crippen molar-refractivity contribution >= 4 is 22.7 Å². The fourth-order valence-electron chi connectivity index (χ4n) is 3.13. The summed E-state index contributed by atoms with van der Waals surface area (Å²) >= 11 is 1.41. The Balaban J connectivity index is 2.08. The lowest BCUT2D eigenvalue weighted by Gasteiger charge is -2.20. The van der Waals surface area contributed by atoms with Crippen LogP contribution in [0.15, 0.2) is 41.7 Å². The minimum atomic E-state index is -5.66. The first-order chi connectivity index (χ1) is 14.8. The first kappa shape index (κ1) is 23.8. The third-order valence-electron chi connectivity index (χ3n) is 5.00. The van der Waals surface area contributed by atoms with Gasteiger partial charge in [0.25, 0.3) is 5.69 Å². The number of nitriles is 1. The molecule has 0 aliphatic heterocycles. The van der Waals surface area contributed by atoms with Gasteiger partial charge in [-0.25, -0.2) is 4.98 Å². The van der Waals surface area contributed by atoms with Crippen LogP contribution in [0.2, 0.25) is 0 Å². The van der Waals surface area contributed by atoms with Crippen LogP contribution in [0.4, 0.5) is 22.0 Å². The minimum Gasteiger partial charge on any atom is -0.340 e. The summed E-state index contributed by atoms with van der Waals surface area (Å²) in [4.78, 5) is 4.86. The molecule has 0 unspecified atom stereocenters. The summed E-state index contributed by atoms with van der Waals surface area (Å²) in [7, 11) is 0. The molecule has 0 atom stereocenters. The maximum absolute atomic E-state index is 13.5. The Morgan fingerprint density at radius 1 is 1.22 bits per heavy atom. The molecule has 3 aromatic heterocycles. The molecule has 32 heavy (non-hydrogen) atoms. The first-order valence-electron chi connectivity index (χ1n) is 9.54. The molecule has 1 N–H and O–H groups in total. The second-order valence-electron chi connectivity index (χ2n) is 7.73. The van der Waals surface area contributed by atoms with Gasteiger partial charge >= 0.3 is 12.1 Å². The van der Waals surface area contributed by atoms with Crippen molar-refractivity contribution in [3.63, 3.8) is 0 Å². The smallest absolute Gasteiger partial charge is 0.340 e. The van der Waals surface area contributed by atoms with Crippen LogP contribution in [0.25, 0.3) is 22.3 Å². The summed E-state index contributed by atoms with van der Waals surface area (Å²) in [5, 5.41) is 20.5. The van der Waals surface area contributed by atoms with Gasteiger partial charge in [-0.2, -0.15) is 27.2 Å². The number of halogens is 5. The molecule has 0 aromatic carbocycles. The molecule has 0 spiro atoms. The zero-order valence-electron chi connectivity index (χ0n) is 17.4. The Labute approximate surface area is 185 Å². The number of nitrogens with zero attached hydrogens (tertiary/aromatic N) is 4. The number of pyridine rings is 2. The maximum atomic E-state index is 13.5. The van der Waals surface area contributed by atoms with E-state index < -0.39 is 24.1 Å². The summed E-state index contributed by atoms with van der Waals surface area (Å²) in [6.45, 7) is 3.78. The van der Waals surface area contributed by atoms with E-state index in [4.69, 9.17) is 0 Å². The van der Waals surface area contributed by atoms with Crippen LogP contribution in [0.5, 0.6) is 0 Å².